The molecule has 1 aromatic carbocycles. The smallest absolute Gasteiger partial charge is 0.251 e. The van der Waals surface area contributed by atoms with Gasteiger partial charge in [0.15, 0.2) is 0 Å². The number of piperidine rings is 1. The lowest BCUT2D eigenvalue weighted by Gasteiger charge is -2.31. The molecule has 126 valence electrons. The molecule has 0 saturated carbocycles. The van der Waals surface area contributed by atoms with Crippen molar-refractivity contribution in [3.8, 4) is 0 Å². The van der Waals surface area contributed by atoms with Crippen LogP contribution in [0.4, 0.5) is 0 Å². The third-order valence-electron chi connectivity index (χ3n) is 4.11. The summed E-state index contributed by atoms with van der Waals surface area (Å²) in [6.45, 7) is 0.803. The fourth-order valence-electron chi connectivity index (χ4n) is 2.75. The molecule has 0 bridgehead atoms. The Hall–Kier alpha value is -2.25. The number of pyridine rings is 1. The molecule has 1 fully saturated rings. The highest BCUT2D eigenvalue weighted by molar-refractivity contribution is 7.89. The lowest BCUT2D eigenvalue weighted by Crippen LogP contribution is -2.46. The number of nitrogens with zero attached hydrogens (tertiary/aromatic N) is 2. The summed E-state index contributed by atoms with van der Waals surface area (Å²) in [6.07, 6.45) is 4.35. The number of carbonyl (C=O) groups excluding carboxylic acids is 1. The van der Waals surface area contributed by atoms with Crippen LogP contribution < -0.4 is 5.32 Å². The SMILES string of the molecule is O=C(NC1CCN(S(=O)(=O)c2ccccc2)CC1)c1ccncc1. The van der Waals surface area contributed by atoms with Gasteiger partial charge in [-0.1, -0.05) is 18.2 Å². The van der Waals surface area contributed by atoms with Crippen molar-refractivity contribution in [3.05, 3.63) is 60.4 Å². The molecule has 0 aliphatic carbocycles. The quantitative estimate of drug-likeness (QED) is 0.914. The number of rotatable bonds is 4. The highest BCUT2D eigenvalue weighted by Crippen LogP contribution is 2.20. The molecule has 1 saturated heterocycles. The molecule has 7 heteroatoms. The molecule has 1 N–H and O–H groups in total. The Kier molecular flexibility index (Phi) is 4.92. The highest BCUT2D eigenvalue weighted by atomic mass is 32.2. The van der Waals surface area contributed by atoms with Crippen molar-refractivity contribution in [3.63, 3.8) is 0 Å². The van der Waals surface area contributed by atoms with Crippen molar-refractivity contribution >= 4 is 15.9 Å². The van der Waals surface area contributed by atoms with Crippen LogP contribution in [-0.4, -0.2) is 42.7 Å². The van der Waals surface area contributed by atoms with Crippen LogP contribution in [-0.2, 0) is 10.0 Å². The molecule has 2 heterocycles. The molecule has 0 radical (unpaired) electrons. The molecule has 2 aromatic rings. The van der Waals surface area contributed by atoms with Gasteiger partial charge in [0, 0.05) is 37.1 Å². The van der Waals surface area contributed by atoms with Crippen LogP contribution in [0, 0.1) is 0 Å². The second-order valence-corrected chi connectivity index (χ2v) is 7.64. The normalized spacial score (nSPS) is 16.7. The number of carbonyl (C=O) groups is 1. The minimum Gasteiger partial charge on any atom is -0.349 e. The number of amides is 1. The molecule has 0 atom stereocenters. The van der Waals surface area contributed by atoms with Crippen LogP contribution in [0.25, 0.3) is 0 Å². The molecular formula is C17H19N3O3S. The van der Waals surface area contributed by atoms with Gasteiger partial charge < -0.3 is 5.32 Å². The molecule has 1 aliphatic heterocycles. The van der Waals surface area contributed by atoms with E-state index < -0.39 is 10.0 Å². The molecule has 1 aliphatic rings. The Morgan fingerprint density at radius 2 is 1.67 bits per heavy atom. The molecule has 24 heavy (non-hydrogen) atoms. The third kappa shape index (κ3) is 3.63. The van der Waals surface area contributed by atoms with Gasteiger partial charge in [0.05, 0.1) is 4.90 Å². The first kappa shape index (κ1) is 16.6. The van der Waals surface area contributed by atoms with Gasteiger partial charge >= 0.3 is 0 Å². The molecule has 0 spiro atoms. The van der Waals surface area contributed by atoms with Crippen molar-refractivity contribution in [1.29, 1.82) is 0 Å². The van der Waals surface area contributed by atoms with Crippen LogP contribution in [0.15, 0.2) is 59.8 Å². The maximum absolute atomic E-state index is 12.6. The van der Waals surface area contributed by atoms with Gasteiger partial charge in [-0.05, 0) is 37.1 Å². The Morgan fingerprint density at radius 1 is 1.04 bits per heavy atom. The van der Waals surface area contributed by atoms with Crippen LogP contribution in [0.5, 0.6) is 0 Å². The van der Waals surface area contributed by atoms with E-state index in [1.54, 1.807) is 54.9 Å². The van der Waals surface area contributed by atoms with E-state index in [0.29, 0.717) is 36.4 Å². The Labute approximate surface area is 141 Å². The van der Waals surface area contributed by atoms with Gasteiger partial charge in [-0.2, -0.15) is 4.31 Å². The molecule has 6 nitrogen and oxygen atoms in total. The summed E-state index contributed by atoms with van der Waals surface area (Å²) in [5, 5.41) is 2.96. The van der Waals surface area contributed by atoms with E-state index >= 15 is 0 Å². The van der Waals surface area contributed by atoms with Crippen molar-refractivity contribution in [2.75, 3.05) is 13.1 Å². The lowest BCUT2D eigenvalue weighted by molar-refractivity contribution is 0.0923. The van der Waals surface area contributed by atoms with Crippen molar-refractivity contribution in [2.45, 2.75) is 23.8 Å². The number of aromatic nitrogens is 1. The molecule has 1 aromatic heterocycles. The number of benzene rings is 1. The second kappa shape index (κ2) is 7.11. The van der Waals surface area contributed by atoms with Crippen molar-refractivity contribution in [2.24, 2.45) is 0 Å². The van der Waals surface area contributed by atoms with Crippen LogP contribution in [0.3, 0.4) is 0 Å². The summed E-state index contributed by atoms with van der Waals surface area (Å²) in [4.78, 5) is 16.3. The summed E-state index contributed by atoms with van der Waals surface area (Å²) in [6, 6.07) is 11.7. The van der Waals surface area contributed by atoms with E-state index in [0.717, 1.165) is 0 Å². The van der Waals surface area contributed by atoms with Crippen LogP contribution in [0.2, 0.25) is 0 Å². The van der Waals surface area contributed by atoms with Crippen LogP contribution >= 0.6 is 0 Å². The number of sulfonamides is 1. The summed E-state index contributed by atoms with van der Waals surface area (Å²) in [7, 11) is -3.45. The van der Waals surface area contributed by atoms with E-state index in [1.807, 2.05) is 0 Å². The third-order valence-corrected chi connectivity index (χ3v) is 6.03. The number of hydrogen-bond donors (Lipinski definition) is 1. The van der Waals surface area contributed by atoms with Crippen LogP contribution in [0.1, 0.15) is 23.2 Å². The minimum absolute atomic E-state index is 0.0205. The zero-order valence-electron chi connectivity index (χ0n) is 13.1. The average Bonchev–Trinajstić information content (AvgIpc) is 2.63. The van der Waals surface area contributed by atoms with E-state index in [9.17, 15) is 13.2 Å². The van der Waals surface area contributed by atoms with E-state index in [1.165, 1.54) is 4.31 Å². The first-order valence-electron chi connectivity index (χ1n) is 7.83. The van der Waals surface area contributed by atoms with Crippen molar-refractivity contribution < 1.29 is 13.2 Å². The predicted octanol–water partition coefficient (Wildman–Crippen LogP) is 1.66. The van der Waals surface area contributed by atoms with Gasteiger partial charge in [0.1, 0.15) is 0 Å². The summed E-state index contributed by atoms with van der Waals surface area (Å²) < 4.78 is 26.6. The largest absolute Gasteiger partial charge is 0.349 e. The van der Waals surface area contributed by atoms with E-state index in [-0.39, 0.29) is 11.9 Å². The standard InChI is InChI=1S/C17H19N3O3S/c21-17(14-6-10-18-11-7-14)19-15-8-12-20(13-9-15)24(22,23)16-4-2-1-3-5-16/h1-7,10-11,15H,8-9,12-13H2,(H,19,21). The predicted molar refractivity (Wildman–Crippen MR) is 89.9 cm³/mol. The number of hydrogen-bond acceptors (Lipinski definition) is 4. The van der Waals surface area contributed by atoms with E-state index in [4.69, 9.17) is 0 Å². The topological polar surface area (TPSA) is 79.4 Å². The van der Waals surface area contributed by atoms with Crippen molar-refractivity contribution in [1.82, 2.24) is 14.6 Å². The first-order valence-corrected chi connectivity index (χ1v) is 9.27. The maximum Gasteiger partial charge on any atom is 0.251 e. The van der Waals surface area contributed by atoms with Gasteiger partial charge in [-0.3, -0.25) is 9.78 Å². The molecule has 3 rings (SSSR count). The Morgan fingerprint density at radius 3 is 2.29 bits per heavy atom. The molecular weight excluding hydrogens is 326 g/mol. The Bertz CT molecular complexity index is 786. The number of nitrogens with one attached hydrogen (secondary N) is 1. The monoisotopic (exact) mass is 345 g/mol. The van der Waals surface area contributed by atoms with E-state index in [2.05, 4.69) is 10.3 Å². The van der Waals surface area contributed by atoms with Gasteiger partial charge in [-0.15, -0.1) is 0 Å². The molecule has 0 unspecified atom stereocenters. The average molecular weight is 345 g/mol. The zero-order chi connectivity index (χ0) is 17.0. The Balaban J connectivity index is 1.59. The summed E-state index contributed by atoms with van der Waals surface area (Å²) in [5.74, 6) is -0.151. The van der Waals surface area contributed by atoms with Gasteiger partial charge in [0.25, 0.3) is 5.91 Å². The highest BCUT2D eigenvalue weighted by Gasteiger charge is 2.29. The first-order chi connectivity index (χ1) is 11.6. The summed E-state index contributed by atoms with van der Waals surface area (Å²) >= 11 is 0. The maximum atomic E-state index is 12.6. The fraction of sp³-hybridized carbons (Fsp3) is 0.294. The summed E-state index contributed by atoms with van der Waals surface area (Å²) in [5.41, 5.74) is 0.560. The lowest BCUT2D eigenvalue weighted by atomic mass is 10.1. The van der Waals surface area contributed by atoms with Gasteiger partial charge in [-0.25, -0.2) is 8.42 Å². The zero-order valence-corrected chi connectivity index (χ0v) is 13.9. The molecule has 1 amide bonds. The van der Waals surface area contributed by atoms with Gasteiger partial charge in [0.2, 0.25) is 10.0 Å². The fourth-order valence-corrected chi connectivity index (χ4v) is 4.24. The second-order valence-electron chi connectivity index (χ2n) is 5.70. The minimum atomic E-state index is -3.45.